The fraction of sp³-hybridized carbons (Fsp3) is 0.167. The van der Waals surface area contributed by atoms with E-state index in [1.807, 2.05) is 37.3 Å². The monoisotopic (exact) mass is 486 g/mol. The molecule has 0 aliphatic heterocycles. The normalized spacial score (nSPS) is 11.0. The first-order chi connectivity index (χ1) is 17.5. The standard InChI is InChI=1S/C24H22N8O4/c1-4-35-24(34)15-10-12-16(13-11-15)25-19-20(28-22-21(27-19)29-36-30-22)26-18-14(2)31(3)32(23(18)33)17-8-6-5-7-9-17/h5-13H,4H2,1-3H3,(H,25,27,29)(H,26,28,30). The molecule has 2 N–H and O–H groups in total. The molecule has 3 heterocycles. The van der Waals surface area contributed by atoms with Gasteiger partial charge < -0.3 is 15.4 Å². The molecule has 2 aromatic carbocycles. The fourth-order valence-corrected chi connectivity index (χ4v) is 3.68. The molecule has 3 aromatic heterocycles. The van der Waals surface area contributed by atoms with Crippen LogP contribution in [-0.4, -0.2) is 42.2 Å². The Morgan fingerprint density at radius 2 is 1.61 bits per heavy atom. The minimum atomic E-state index is -0.407. The third kappa shape index (κ3) is 4.15. The molecule has 36 heavy (non-hydrogen) atoms. The van der Waals surface area contributed by atoms with Gasteiger partial charge in [0, 0.05) is 12.7 Å². The number of ether oxygens (including phenoxy) is 1. The average molecular weight is 486 g/mol. The van der Waals surface area contributed by atoms with E-state index in [4.69, 9.17) is 9.37 Å². The highest BCUT2D eigenvalue weighted by Crippen LogP contribution is 2.27. The van der Waals surface area contributed by atoms with Crippen LogP contribution >= 0.6 is 0 Å². The highest BCUT2D eigenvalue weighted by Gasteiger charge is 2.20. The van der Waals surface area contributed by atoms with Crippen molar-refractivity contribution in [1.82, 2.24) is 29.6 Å². The number of rotatable bonds is 7. The smallest absolute Gasteiger partial charge is 0.338 e. The van der Waals surface area contributed by atoms with Gasteiger partial charge in [0.05, 0.1) is 23.6 Å². The van der Waals surface area contributed by atoms with Gasteiger partial charge in [-0.05, 0) is 60.6 Å². The molecular weight excluding hydrogens is 464 g/mol. The Kier molecular flexibility index (Phi) is 5.90. The number of benzene rings is 2. The van der Waals surface area contributed by atoms with E-state index in [0.717, 1.165) is 5.69 Å². The quantitative estimate of drug-likeness (QED) is 0.328. The Balaban J connectivity index is 1.52. The highest BCUT2D eigenvalue weighted by atomic mass is 16.6. The van der Waals surface area contributed by atoms with Crippen LogP contribution in [-0.2, 0) is 11.8 Å². The van der Waals surface area contributed by atoms with Crippen LogP contribution in [0.3, 0.4) is 0 Å². The van der Waals surface area contributed by atoms with Gasteiger partial charge in [-0.15, -0.1) is 0 Å². The summed E-state index contributed by atoms with van der Waals surface area (Å²) >= 11 is 0. The number of esters is 1. The molecule has 0 saturated carbocycles. The molecule has 5 rings (SSSR count). The number of anilines is 4. The van der Waals surface area contributed by atoms with Gasteiger partial charge in [0.2, 0.25) is 11.3 Å². The van der Waals surface area contributed by atoms with E-state index >= 15 is 0 Å². The summed E-state index contributed by atoms with van der Waals surface area (Å²) in [5.41, 5.74) is 2.90. The largest absolute Gasteiger partial charge is 0.462 e. The molecule has 0 spiro atoms. The number of hydrogen-bond acceptors (Lipinski definition) is 10. The van der Waals surface area contributed by atoms with Crippen LogP contribution in [0.2, 0.25) is 0 Å². The first kappa shape index (κ1) is 22.8. The summed E-state index contributed by atoms with van der Waals surface area (Å²) < 4.78 is 13.1. The lowest BCUT2D eigenvalue weighted by molar-refractivity contribution is 0.0526. The van der Waals surface area contributed by atoms with Gasteiger partial charge >= 0.3 is 5.97 Å². The Labute approximate surface area is 204 Å². The van der Waals surface area contributed by atoms with Crippen LogP contribution in [0.25, 0.3) is 17.0 Å². The summed E-state index contributed by atoms with van der Waals surface area (Å²) in [4.78, 5) is 34.2. The Morgan fingerprint density at radius 3 is 2.25 bits per heavy atom. The Morgan fingerprint density at radius 1 is 0.972 bits per heavy atom. The van der Waals surface area contributed by atoms with Crippen molar-refractivity contribution in [3.05, 3.63) is 76.2 Å². The number of fused-ring (bicyclic) bond motifs is 1. The van der Waals surface area contributed by atoms with Gasteiger partial charge in [-0.2, -0.15) is 0 Å². The number of nitrogens with one attached hydrogen (secondary N) is 2. The van der Waals surface area contributed by atoms with Crippen molar-refractivity contribution < 1.29 is 14.2 Å². The van der Waals surface area contributed by atoms with Crippen molar-refractivity contribution in [1.29, 1.82) is 0 Å². The van der Waals surface area contributed by atoms with Crippen LogP contribution in [0.15, 0.2) is 64.0 Å². The van der Waals surface area contributed by atoms with Gasteiger partial charge in [-0.25, -0.2) is 24.1 Å². The summed E-state index contributed by atoms with van der Waals surface area (Å²) in [7, 11) is 1.80. The lowest BCUT2D eigenvalue weighted by atomic mass is 10.2. The molecule has 0 bridgehead atoms. The number of para-hydroxylation sites is 1. The van der Waals surface area contributed by atoms with E-state index < -0.39 is 5.97 Å². The molecule has 0 atom stereocenters. The number of aromatic nitrogens is 6. The summed E-state index contributed by atoms with van der Waals surface area (Å²) in [5.74, 6) is 0.130. The molecule has 0 saturated heterocycles. The average Bonchev–Trinajstić information content (AvgIpc) is 3.42. The summed E-state index contributed by atoms with van der Waals surface area (Å²) in [6.07, 6.45) is 0. The Bertz CT molecular complexity index is 1600. The zero-order chi connectivity index (χ0) is 25.2. The van der Waals surface area contributed by atoms with Gasteiger partial charge in [0.1, 0.15) is 5.69 Å². The molecule has 0 amide bonds. The second-order valence-electron chi connectivity index (χ2n) is 7.82. The first-order valence-electron chi connectivity index (χ1n) is 11.1. The number of carbonyl (C=O) groups excluding carboxylic acids is 1. The van der Waals surface area contributed by atoms with Crippen molar-refractivity contribution in [2.75, 3.05) is 17.2 Å². The van der Waals surface area contributed by atoms with Crippen molar-refractivity contribution >= 4 is 40.3 Å². The Hall–Kier alpha value is -5.00. The number of hydrogen-bond donors (Lipinski definition) is 2. The summed E-state index contributed by atoms with van der Waals surface area (Å²) in [6, 6.07) is 16.0. The first-order valence-corrected chi connectivity index (χ1v) is 11.1. The molecule has 12 nitrogen and oxygen atoms in total. The van der Waals surface area contributed by atoms with Crippen molar-refractivity contribution in [2.24, 2.45) is 7.05 Å². The third-order valence-corrected chi connectivity index (χ3v) is 5.57. The molecular formula is C24H22N8O4. The molecule has 0 fully saturated rings. The van der Waals surface area contributed by atoms with Gasteiger partial charge in [0.15, 0.2) is 11.6 Å². The summed E-state index contributed by atoms with van der Waals surface area (Å²) in [5, 5.41) is 13.8. The maximum atomic E-state index is 13.4. The molecule has 0 unspecified atom stereocenters. The van der Waals surface area contributed by atoms with Gasteiger partial charge in [-0.3, -0.25) is 9.48 Å². The van der Waals surface area contributed by atoms with Crippen LogP contribution in [0.1, 0.15) is 23.0 Å². The number of carbonyl (C=O) groups is 1. The van der Waals surface area contributed by atoms with Crippen molar-refractivity contribution in [3.63, 3.8) is 0 Å². The fourth-order valence-electron chi connectivity index (χ4n) is 3.68. The second kappa shape index (κ2) is 9.33. The molecule has 0 aliphatic carbocycles. The predicted octanol–water partition coefficient (Wildman–Crippen LogP) is 3.47. The summed E-state index contributed by atoms with van der Waals surface area (Å²) in [6.45, 7) is 3.87. The van der Waals surface area contributed by atoms with Gasteiger partial charge in [-0.1, -0.05) is 18.2 Å². The zero-order valence-corrected chi connectivity index (χ0v) is 19.7. The lowest BCUT2D eigenvalue weighted by Gasteiger charge is -2.11. The van der Waals surface area contributed by atoms with Gasteiger partial charge in [0.25, 0.3) is 5.56 Å². The predicted molar refractivity (Wildman–Crippen MR) is 132 cm³/mol. The van der Waals surface area contributed by atoms with E-state index in [9.17, 15) is 9.59 Å². The van der Waals surface area contributed by atoms with Crippen LogP contribution in [0.5, 0.6) is 0 Å². The zero-order valence-electron chi connectivity index (χ0n) is 19.7. The minimum Gasteiger partial charge on any atom is -0.462 e. The second-order valence-corrected chi connectivity index (χ2v) is 7.82. The molecule has 182 valence electrons. The lowest BCUT2D eigenvalue weighted by Crippen LogP contribution is -2.20. The third-order valence-electron chi connectivity index (χ3n) is 5.57. The maximum Gasteiger partial charge on any atom is 0.338 e. The van der Waals surface area contributed by atoms with E-state index in [1.54, 1.807) is 47.6 Å². The topological polar surface area (TPSA) is 142 Å². The molecule has 0 radical (unpaired) electrons. The van der Waals surface area contributed by atoms with E-state index in [2.05, 4.69) is 30.9 Å². The molecule has 5 aromatic rings. The van der Waals surface area contributed by atoms with E-state index in [1.165, 1.54) is 0 Å². The number of nitrogens with zero attached hydrogens (tertiary/aromatic N) is 6. The van der Waals surface area contributed by atoms with Crippen LogP contribution in [0, 0.1) is 6.92 Å². The van der Waals surface area contributed by atoms with E-state index in [-0.39, 0.29) is 28.5 Å². The molecule has 12 heteroatoms. The van der Waals surface area contributed by atoms with Crippen molar-refractivity contribution in [3.8, 4) is 5.69 Å². The van der Waals surface area contributed by atoms with Crippen molar-refractivity contribution in [2.45, 2.75) is 13.8 Å². The SMILES string of the molecule is CCOC(=O)c1ccc(Nc2nc3nonc3nc2Nc2c(C)n(C)n(-c3ccccc3)c2=O)cc1. The minimum absolute atomic E-state index is 0.178. The van der Waals surface area contributed by atoms with E-state index in [0.29, 0.717) is 29.2 Å². The van der Waals surface area contributed by atoms with Crippen LogP contribution < -0.4 is 16.2 Å². The molecule has 0 aliphatic rings. The van der Waals surface area contributed by atoms with Crippen LogP contribution in [0.4, 0.5) is 23.0 Å². The highest BCUT2D eigenvalue weighted by molar-refractivity contribution is 5.90. The maximum absolute atomic E-state index is 13.4.